The van der Waals surface area contributed by atoms with E-state index in [2.05, 4.69) is 4.90 Å². The van der Waals surface area contributed by atoms with Crippen molar-refractivity contribution in [3.05, 3.63) is 0 Å². The molecule has 1 heterocycles. The highest BCUT2D eigenvalue weighted by atomic mass is 35.5. The minimum absolute atomic E-state index is 0.268. The average Bonchev–Trinajstić information content (AvgIpc) is 2.09. The van der Waals surface area contributed by atoms with Gasteiger partial charge in [-0.1, -0.05) is 0 Å². The number of alkyl halides is 1. The molecule has 1 aliphatic rings. The third-order valence-corrected chi connectivity index (χ3v) is 2.42. The number of hydrogen-bond acceptors (Lipinski definition) is 3. The molecule has 12 heavy (non-hydrogen) atoms. The fourth-order valence-corrected chi connectivity index (χ4v) is 1.43. The minimum Gasteiger partial charge on any atom is -0.391 e. The van der Waals surface area contributed by atoms with Gasteiger partial charge in [-0.05, 0) is 0 Å². The molecule has 0 aromatic rings. The summed E-state index contributed by atoms with van der Waals surface area (Å²) in [7, 11) is 0. The lowest BCUT2D eigenvalue weighted by Gasteiger charge is -2.27. The van der Waals surface area contributed by atoms with E-state index in [9.17, 15) is 9.90 Å². The van der Waals surface area contributed by atoms with Gasteiger partial charge in [0.25, 0.3) is 0 Å². The average molecular weight is 192 g/mol. The first kappa shape index (κ1) is 9.96. The molecule has 0 bridgehead atoms. The third kappa shape index (κ3) is 3.09. The second-order valence-corrected chi connectivity index (χ2v) is 3.46. The van der Waals surface area contributed by atoms with Gasteiger partial charge in [-0.15, -0.1) is 11.6 Å². The topological polar surface area (TPSA) is 40.5 Å². The Morgan fingerprint density at radius 3 is 2.58 bits per heavy atom. The number of carbonyl (C=O) groups is 1. The summed E-state index contributed by atoms with van der Waals surface area (Å²) >= 11 is 5.46. The Kier molecular flexibility index (Phi) is 3.98. The van der Waals surface area contributed by atoms with Crippen molar-refractivity contribution >= 4 is 17.4 Å². The molecule has 70 valence electrons. The van der Waals surface area contributed by atoms with Gasteiger partial charge in [-0.3, -0.25) is 9.69 Å². The molecule has 1 fully saturated rings. The van der Waals surface area contributed by atoms with Crippen LogP contribution in [0.5, 0.6) is 0 Å². The molecule has 0 radical (unpaired) electrons. The Balaban J connectivity index is 2.21. The summed E-state index contributed by atoms with van der Waals surface area (Å²) in [5, 5.41) is 9.22. The predicted octanol–water partition coefficient (Wildman–Crippen LogP) is 0.251. The standard InChI is InChI=1S/C8H14ClNO2/c9-5-8(12)6-10-3-1-7(11)2-4-10/h8,12H,1-6H2. The summed E-state index contributed by atoms with van der Waals surface area (Å²) in [5.74, 6) is 0.594. The maximum Gasteiger partial charge on any atom is 0.135 e. The number of ketones is 1. The molecule has 1 atom stereocenters. The molecule has 0 aromatic heterocycles. The monoisotopic (exact) mass is 191 g/mol. The molecule has 0 saturated carbocycles. The fourth-order valence-electron chi connectivity index (χ4n) is 1.33. The second kappa shape index (κ2) is 4.80. The number of rotatable bonds is 3. The third-order valence-electron chi connectivity index (χ3n) is 2.06. The molecule has 4 heteroatoms. The molecule has 0 aromatic carbocycles. The van der Waals surface area contributed by atoms with Gasteiger partial charge in [0.05, 0.1) is 6.10 Å². The van der Waals surface area contributed by atoms with Gasteiger partial charge in [0.1, 0.15) is 5.78 Å². The van der Waals surface area contributed by atoms with Crippen LogP contribution in [0.4, 0.5) is 0 Å². The van der Waals surface area contributed by atoms with Crippen molar-refractivity contribution in [1.29, 1.82) is 0 Å². The summed E-state index contributed by atoms with van der Waals surface area (Å²) in [4.78, 5) is 12.9. The van der Waals surface area contributed by atoms with Crippen LogP contribution >= 0.6 is 11.6 Å². The van der Waals surface area contributed by atoms with E-state index in [0.717, 1.165) is 13.1 Å². The highest BCUT2D eigenvalue weighted by Gasteiger charge is 2.17. The van der Waals surface area contributed by atoms with Gasteiger partial charge in [0, 0.05) is 38.4 Å². The zero-order valence-electron chi connectivity index (χ0n) is 7.00. The SMILES string of the molecule is O=C1CCN(CC(O)CCl)CC1. The first-order valence-corrected chi connectivity index (χ1v) is 4.74. The Morgan fingerprint density at radius 2 is 2.08 bits per heavy atom. The van der Waals surface area contributed by atoms with Gasteiger partial charge in [0.2, 0.25) is 0 Å². The van der Waals surface area contributed by atoms with Crippen molar-refractivity contribution in [2.75, 3.05) is 25.5 Å². The van der Waals surface area contributed by atoms with E-state index >= 15 is 0 Å². The van der Waals surface area contributed by atoms with Crippen LogP contribution in [0.1, 0.15) is 12.8 Å². The van der Waals surface area contributed by atoms with Crippen molar-refractivity contribution in [2.24, 2.45) is 0 Å². The summed E-state index contributed by atoms with van der Waals surface area (Å²) < 4.78 is 0. The quantitative estimate of drug-likeness (QED) is 0.651. The van der Waals surface area contributed by atoms with Gasteiger partial charge < -0.3 is 5.11 Å². The van der Waals surface area contributed by atoms with Crippen LogP contribution in [0.15, 0.2) is 0 Å². The number of hydrogen-bond donors (Lipinski definition) is 1. The van der Waals surface area contributed by atoms with Crippen molar-refractivity contribution in [1.82, 2.24) is 4.90 Å². The van der Waals surface area contributed by atoms with E-state index < -0.39 is 6.10 Å². The maximum absolute atomic E-state index is 10.8. The maximum atomic E-state index is 10.8. The number of nitrogens with zero attached hydrogens (tertiary/aromatic N) is 1. The number of β-amino-alcohol motifs (C(OH)–C–C–N with tert-alkyl or cyclic N) is 1. The first-order valence-electron chi connectivity index (χ1n) is 4.20. The Bertz CT molecular complexity index is 153. The molecule has 0 spiro atoms. The van der Waals surface area contributed by atoms with E-state index in [1.165, 1.54) is 0 Å². The van der Waals surface area contributed by atoms with E-state index in [0.29, 0.717) is 25.2 Å². The largest absolute Gasteiger partial charge is 0.391 e. The van der Waals surface area contributed by atoms with Crippen LogP contribution in [0.2, 0.25) is 0 Å². The zero-order valence-corrected chi connectivity index (χ0v) is 7.76. The smallest absolute Gasteiger partial charge is 0.135 e. The number of Topliss-reactive ketones (excluding diaryl/α,β-unsaturated/α-hetero) is 1. The summed E-state index contributed by atoms with van der Waals surface area (Å²) in [6, 6.07) is 0. The molecule has 1 N–H and O–H groups in total. The van der Waals surface area contributed by atoms with Crippen LogP contribution in [0, 0.1) is 0 Å². The van der Waals surface area contributed by atoms with Crippen LogP contribution < -0.4 is 0 Å². The number of piperidine rings is 1. The molecule has 1 aliphatic heterocycles. The van der Waals surface area contributed by atoms with Crippen LogP contribution in [-0.4, -0.2) is 47.4 Å². The lowest BCUT2D eigenvalue weighted by Crippen LogP contribution is -2.39. The number of carbonyl (C=O) groups excluding carboxylic acids is 1. The van der Waals surface area contributed by atoms with E-state index in [4.69, 9.17) is 11.6 Å². The van der Waals surface area contributed by atoms with Crippen molar-refractivity contribution in [3.8, 4) is 0 Å². The van der Waals surface area contributed by atoms with E-state index in [1.54, 1.807) is 0 Å². The van der Waals surface area contributed by atoms with Gasteiger partial charge in [0.15, 0.2) is 0 Å². The van der Waals surface area contributed by atoms with E-state index in [-0.39, 0.29) is 5.88 Å². The van der Waals surface area contributed by atoms with E-state index in [1.807, 2.05) is 0 Å². The number of halogens is 1. The lowest BCUT2D eigenvalue weighted by molar-refractivity contribution is -0.121. The lowest BCUT2D eigenvalue weighted by atomic mass is 10.1. The van der Waals surface area contributed by atoms with Crippen LogP contribution in [-0.2, 0) is 4.79 Å². The molecule has 0 aliphatic carbocycles. The van der Waals surface area contributed by atoms with Crippen molar-refractivity contribution < 1.29 is 9.90 Å². The zero-order chi connectivity index (χ0) is 8.97. The number of likely N-dealkylation sites (tertiary alicyclic amines) is 1. The highest BCUT2D eigenvalue weighted by Crippen LogP contribution is 2.06. The van der Waals surface area contributed by atoms with Crippen LogP contribution in [0.25, 0.3) is 0 Å². The number of aliphatic hydroxyl groups is 1. The molecular weight excluding hydrogens is 178 g/mol. The summed E-state index contributed by atoms with van der Waals surface area (Å²) in [6.07, 6.45) is 0.782. The first-order chi connectivity index (χ1) is 5.72. The fraction of sp³-hybridized carbons (Fsp3) is 0.875. The molecule has 3 nitrogen and oxygen atoms in total. The highest BCUT2D eigenvalue weighted by molar-refractivity contribution is 6.18. The number of aliphatic hydroxyl groups excluding tert-OH is 1. The van der Waals surface area contributed by atoms with Gasteiger partial charge >= 0.3 is 0 Å². The molecule has 1 unspecified atom stereocenters. The molecule has 1 rings (SSSR count). The van der Waals surface area contributed by atoms with Crippen LogP contribution in [0.3, 0.4) is 0 Å². The minimum atomic E-state index is -0.458. The Morgan fingerprint density at radius 1 is 1.50 bits per heavy atom. The van der Waals surface area contributed by atoms with Crippen molar-refractivity contribution in [3.63, 3.8) is 0 Å². The molecule has 1 saturated heterocycles. The van der Waals surface area contributed by atoms with Gasteiger partial charge in [-0.2, -0.15) is 0 Å². The molecule has 0 amide bonds. The molecular formula is C8H14ClNO2. The summed E-state index contributed by atoms with van der Waals surface area (Å²) in [6.45, 7) is 2.14. The second-order valence-electron chi connectivity index (χ2n) is 3.15. The predicted molar refractivity (Wildman–Crippen MR) is 47.4 cm³/mol. The normalized spacial score (nSPS) is 22.7. The van der Waals surface area contributed by atoms with Crippen molar-refractivity contribution in [2.45, 2.75) is 18.9 Å². The van der Waals surface area contributed by atoms with Gasteiger partial charge in [-0.25, -0.2) is 0 Å². The Hall–Kier alpha value is -0.120. The Labute approximate surface area is 77.3 Å². The summed E-state index contributed by atoms with van der Waals surface area (Å²) in [5.41, 5.74) is 0.